The maximum Gasteiger partial charge on any atom is 0.336 e. The van der Waals surface area contributed by atoms with Crippen LogP contribution in [0.4, 0.5) is 5.69 Å². The minimum atomic E-state index is -1.05. The molecule has 0 spiro atoms. The van der Waals surface area contributed by atoms with E-state index in [0.717, 1.165) is 11.8 Å². The number of methoxy groups -OCH3 is 1. The van der Waals surface area contributed by atoms with Crippen molar-refractivity contribution in [2.24, 2.45) is 4.99 Å². The number of furan rings is 1. The molecule has 2 aromatic carbocycles. The molecule has 0 aliphatic carbocycles. The van der Waals surface area contributed by atoms with Crippen LogP contribution < -0.4 is 10.1 Å². The first-order valence-corrected chi connectivity index (χ1v) is 10.2. The first-order chi connectivity index (χ1) is 14.9. The number of carbonyl (C=O) groups is 2. The van der Waals surface area contributed by atoms with Crippen molar-refractivity contribution in [3.63, 3.8) is 0 Å². The zero-order valence-corrected chi connectivity index (χ0v) is 17.7. The second-order valence-corrected chi connectivity index (χ2v) is 7.82. The van der Waals surface area contributed by atoms with E-state index in [-0.39, 0.29) is 11.5 Å². The van der Waals surface area contributed by atoms with E-state index < -0.39 is 5.97 Å². The molecular formula is C22H15ClN2O5S. The Labute approximate surface area is 186 Å². The summed E-state index contributed by atoms with van der Waals surface area (Å²) in [6, 6.07) is 14.9. The molecule has 2 heterocycles. The monoisotopic (exact) mass is 454 g/mol. The van der Waals surface area contributed by atoms with Gasteiger partial charge in [-0.05, 0) is 48.2 Å². The molecule has 1 fully saturated rings. The van der Waals surface area contributed by atoms with Crippen molar-refractivity contribution >= 4 is 52.2 Å². The summed E-state index contributed by atoms with van der Waals surface area (Å²) in [7, 11) is 1.52. The van der Waals surface area contributed by atoms with Crippen LogP contribution in [0.2, 0.25) is 5.02 Å². The van der Waals surface area contributed by atoms with Gasteiger partial charge in [-0.3, -0.25) is 4.79 Å². The third-order valence-electron chi connectivity index (χ3n) is 4.34. The molecule has 0 saturated carbocycles. The number of aromatic carboxylic acids is 1. The summed E-state index contributed by atoms with van der Waals surface area (Å²) < 4.78 is 11.0. The normalized spacial score (nSPS) is 16.0. The minimum absolute atomic E-state index is 0.133. The van der Waals surface area contributed by atoms with E-state index in [1.165, 1.54) is 13.2 Å². The van der Waals surface area contributed by atoms with Crippen molar-refractivity contribution in [3.8, 4) is 17.1 Å². The fourth-order valence-corrected chi connectivity index (χ4v) is 3.91. The molecule has 1 saturated heterocycles. The van der Waals surface area contributed by atoms with E-state index >= 15 is 0 Å². The average Bonchev–Trinajstić information content (AvgIpc) is 3.35. The zero-order chi connectivity index (χ0) is 22.0. The van der Waals surface area contributed by atoms with E-state index in [4.69, 9.17) is 20.8 Å². The Balaban J connectivity index is 1.60. The lowest BCUT2D eigenvalue weighted by atomic mass is 10.1. The first kappa shape index (κ1) is 20.8. The summed E-state index contributed by atoms with van der Waals surface area (Å²) in [6.07, 6.45) is 1.57. The molecule has 4 rings (SSSR count). The van der Waals surface area contributed by atoms with Crippen LogP contribution in [0, 0.1) is 0 Å². The Hall–Kier alpha value is -3.49. The van der Waals surface area contributed by atoms with Gasteiger partial charge in [-0.25, -0.2) is 9.79 Å². The molecule has 3 aromatic rings. The largest absolute Gasteiger partial charge is 0.494 e. The van der Waals surface area contributed by atoms with Crippen LogP contribution in [0.15, 0.2) is 68.9 Å². The number of carbonyl (C=O) groups excluding carboxylic acids is 1. The van der Waals surface area contributed by atoms with E-state index in [1.807, 2.05) is 0 Å². The quantitative estimate of drug-likeness (QED) is 0.514. The molecule has 156 valence electrons. The van der Waals surface area contributed by atoms with Crippen LogP contribution in [0.3, 0.4) is 0 Å². The third-order valence-corrected chi connectivity index (χ3v) is 5.48. The Morgan fingerprint density at radius 1 is 1.23 bits per heavy atom. The number of hydrogen-bond donors (Lipinski definition) is 2. The van der Waals surface area contributed by atoms with Gasteiger partial charge in [0.05, 0.1) is 17.6 Å². The Kier molecular flexibility index (Phi) is 5.83. The van der Waals surface area contributed by atoms with Crippen molar-refractivity contribution in [2.75, 3.05) is 7.11 Å². The molecule has 1 aliphatic heterocycles. The van der Waals surface area contributed by atoms with Gasteiger partial charge in [0.2, 0.25) is 0 Å². The number of carboxylic acid groups (broad SMARTS) is 1. The summed E-state index contributed by atoms with van der Waals surface area (Å²) in [6.45, 7) is 0. The molecule has 2 N–H and O–H groups in total. The number of thioether (sulfide) groups is 1. The maximum absolute atomic E-state index is 12.4. The van der Waals surface area contributed by atoms with Gasteiger partial charge >= 0.3 is 5.97 Å². The molecule has 0 unspecified atom stereocenters. The predicted molar refractivity (Wildman–Crippen MR) is 120 cm³/mol. The van der Waals surface area contributed by atoms with Crippen LogP contribution in [0.5, 0.6) is 5.75 Å². The summed E-state index contributed by atoms with van der Waals surface area (Å²) in [4.78, 5) is 28.6. The number of hydrogen-bond acceptors (Lipinski definition) is 6. The topological polar surface area (TPSA) is 101 Å². The summed E-state index contributed by atoms with van der Waals surface area (Å²) in [5.41, 5.74) is 1.08. The van der Waals surface area contributed by atoms with Gasteiger partial charge in [0.25, 0.3) is 5.91 Å². The second kappa shape index (κ2) is 8.71. The molecule has 1 aromatic heterocycles. The van der Waals surface area contributed by atoms with Crippen molar-refractivity contribution in [2.45, 2.75) is 0 Å². The van der Waals surface area contributed by atoms with Crippen molar-refractivity contribution in [1.82, 2.24) is 5.32 Å². The van der Waals surface area contributed by atoms with Gasteiger partial charge in [0, 0.05) is 16.7 Å². The highest BCUT2D eigenvalue weighted by molar-refractivity contribution is 8.18. The molecular weight excluding hydrogens is 440 g/mol. The number of nitrogens with zero attached hydrogens (tertiary/aromatic N) is 1. The second-order valence-electron chi connectivity index (χ2n) is 6.35. The smallest absolute Gasteiger partial charge is 0.336 e. The van der Waals surface area contributed by atoms with Gasteiger partial charge in [0.1, 0.15) is 23.0 Å². The number of halogens is 1. The zero-order valence-electron chi connectivity index (χ0n) is 16.1. The van der Waals surface area contributed by atoms with E-state index in [0.29, 0.717) is 43.6 Å². The number of aliphatic imine (C=N–C) groups is 1. The van der Waals surface area contributed by atoms with Gasteiger partial charge in [-0.2, -0.15) is 0 Å². The molecule has 1 aliphatic rings. The van der Waals surface area contributed by atoms with Gasteiger partial charge in [-0.15, -0.1) is 0 Å². The fraction of sp³-hybridized carbons (Fsp3) is 0.0455. The highest BCUT2D eigenvalue weighted by atomic mass is 35.5. The summed E-state index contributed by atoms with van der Waals surface area (Å²) in [5, 5.41) is 12.9. The van der Waals surface area contributed by atoms with Crippen LogP contribution in [-0.2, 0) is 4.79 Å². The maximum atomic E-state index is 12.4. The lowest BCUT2D eigenvalue weighted by molar-refractivity contribution is -0.115. The van der Waals surface area contributed by atoms with Gasteiger partial charge < -0.3 is 19.6 Å². The molecule has 7 nitrogen and oxygen atoms in total. The van der Waals surface area contributed by atoms with Crippen molar-refractivity contribution in [3.05, 3.63) is 75.8 Å². The highest BCUT2D eigenvalue weighted by Crippen LogP contribution is 2.34. The standard InChI is InChI=1S/C22H15ClN2O5S/c1-29-18-8-6-12(23)10-16(18)24-22-25-20(26)19(31-22)11-13-7-9-17(30-13)14-4-2-3-5-15(14)21(27)28/h2-11H,1H3,(H,27,28)(H,24,25,26)/b19-11-. The predicted octanol–water partition coefficient (Wildman–Crippen LogP) is 5.20. The van der Waals surface area contributed by atoms with Crippen LogP contribution in [0.1, 0.15) is 16.1 Å². The summed E-state index contributed by atoms with van der Waals surface area (Å²) >= 11 is 7.17. The van der Waals surface area contributed by atoms with Crippen LogP contribution in [0.25, 0.3) is 17.4 Å². The SMILES string of the molecule is COc1ccc(Cl)cc1N=C1NC(=O)/C(=C/c2ccc(-c3ccccc3C(=O)O)o2)S1. The number of benzene rings is 2. The molecule has 9 heteroatoms. The Morgan fingerprint density at radius 3 is 2.81 bits per heavy atom. The molecule has 31 heavy (non-hydrogen) atoms. The number of ether oxygens (including phenoxy) is 1. The lowest BCUT2D eigenvalue weighted by Crippen LogP contribution is -2.19. The number of carboxylic acids is 1. The van der Waals surface area contributed by atoms with E-state index in [9.17, 15) is 14.7 Å². The Bertz CT molecular complexity index is 1250. The van der Waals surface area contributed by atoms with Gasteiger partial charge in [0.15, 0.2) is 5.17 Å². The third kappa shape index (κ3) is 4.50. The van der Waals surface area contributed by atoms with Crippen molar-refractivity contribution in [1.29, 1.82) is 0 Å². The van der Waals surface area contributed by atoms with Crippen LogP contribution in [-0.4, -0.2) is 29.3 Å². The average molecular weight is 455 g/mol. The number of rotatable bonds is 5. The Morgan fingerprint density at radius 2 is 2.03 bits per heavy atom. The summed E-state index contributed by atoms with van der Waals surface area (Å²) in [5.74, 6) is -0.0410. The number of amides is 1. The number of nitrogens with one attached hydrogen (secondary N) is 1. The molecule has 1 amide bonds. The lowest BCUT2D eigenvalue weighted by Gasteiger charge is -2.04. The highest BCUT2D eigenvalue weighted by Gasteiger charge is 2.25. The first-order valence-electron chi connectivity index (χ1n) is 9.00. The van der Waals surface area contributed by atoms with E-state index in [1.54, 1.807) is 54.6 Å². The number of amidine groups is 1. The molecule has 0 bridgehead atoms. The van der Waals surface area contributed by atoms with Gasteiger partial charge in [-0.1, -0.05) is 29.8 Å². The van der Waals surface area contributed by atoms with Crippen molar-refractivity contribution < 1.29 is 23.8 Å². The van der Waals surface area contributed by atoms with Crippen LogP contribution >= 0.6 is 23.4 Å². The molecule has 0 atom stereocenters. The van der Waals surface area contributed by atoms with E-state index in [2.05, 4.69) is 10.3 Å². The minimum Gasteiger partial charge on any atom is -0.494 e. The fourth-order valence-electron chi connectivity index (χ4n) is 2.93. The molecule has 0 radical (unpaired) electrons.